The summed E-state index contributed by atoms with van der Waals surface area (Å²) in [7, 11) is 0. The van der Waals surface area contributed by atoms with Crippen molar-refractivity contribution in [3.8, 4) is 11.8 Å². The molecule has 25 heavy (non-hydrogen) atoms. The first-order chi connectivity index (χ1) is 12.1. The number of para-hydroxylation sites is 1. The SMILES string of the molecule is CCOc1ccc(/C=C(/C#N)c2nc3ccccc3c(=O)[nH]2)cc1Br. The number of aromatic nitrogens is 2. The molecule has 1 heterocycles. The van der Waals surface area contributed by atoms with Crippen LogP contribution in [0.5, 0.6) is 5.75 Å². The zero-order valence-electron chi connectivity index (χ0n) is 13.4. The van der Waals surface area contributed by atoms with Gasteiger partial charge in [-0.05, 0) is 58.8 Å². The molecule has 0 atom stereocenters. The Morgan fingerprint density at radius 1 is 1.36 bits per heavy atom. The Morgan fingerprint density at radius 3 is 2.88 bits per heavy atom. The number of benzene rings is 2. The quantitative estimate of drug-likeness (QED) is 0.672. The van der Waals surface area contributed by atoms with Gasteiger partial charge in [0.15, 0.2) is 5.82 Å². The molecular formula is C19H14BrN3O2. The fourth-order valence-electron chi connectivity index (χ4n) is 2.41. The van der Waals surface area contributed by atoms with Crippen LogP contribution < -0.4 is 10.3 Å². The molecule has 0 saturated carbocycles. The number of H-pyrrole nitrogens is 1. The van der Waals surface area contributed by atoms with Crippen LogP contribution in [0.2, 0.25) is 0 Å². The van der Waals surface area contributed by atoms with Crippen molar-refractivity contribution in [1.29, 1.82) is 5.26 Å². The number of halogens is 1. The summed E-state index contributed by atoms with van der Waals surface area (Å²) in [6.45, 7) is 2.48. The van der Waals surface area contributed by atoms with Gasteiger partial charge in [0.25, 0.3) is 5.56 Å². The van der Waals surface area contributed by atoms with Gasteiger partial charge in [0.2, 0.25) is 0 Å². The van der Waals surface area contributed by atoms with Crippen molar-refractivity contribution in [2.24, 2.45) is 0 Å². The molecule has 2 aromatic carbocycles. The highest BCUT2D eigenvalue weighted by Crippen LogP contribution is 2.27. The normalized spacial score (nSPS) is 11.3. The van der Waals surface area contributed by atoms with Crippen molar-refractivity contribution >= 4 is 38.5 Å². The zero-order chi connectivity index (χ0) is 17.8. The van der Waals surface area contributed by atoms with Crippen LogP contribution >= 0.6 is 15.9 Å². The average molecular weight is 396 g/mol. The number of hydrogen-bond acceptors (Lipinski definition) is 4. The number of allylic oxidation sites excluding steroid dienone is 1. The summed E-state index contributed by atoms with van der Waals surface area (Å²) < 4.78 is 6.27. The molecule has 0 bridgehead atoms. The number of aromatic amines is 1. The van der Waals surface area contributed by atoms with Crippen LogP contribution in [0.4, 0.5) is 0 Å². The molecule has 0 amide bonds. The fraction of sp³-hybridized carbons (Fsp3) is 0.105. The average Bonchev–Trinajstić information content (AvgIpc) is 2.62. The molecular weight excluding hydrogens is 382 g/mol. The molecule has 0 aliphatic rings. The number of hydrogen-bond donors (Lipinski definition) is 1. The molecule has 0 radical (unpaired) electrons. The van der Waals surface area contributed by atoms with Gasteiger partial charge >= 0.3 is 0 Å². The second-order valence-corrected chi connectivity index (χ2v) is 6.08. The number of nitrogens with zero attached hydrogens (tertiary/aromatic N) is 2. The van der Waals surface area contributed by atoms with Gasteiger partial charge in [-0.25, -0.2) is 4.98 Å². The van der Waals surface area contributed by atoms with E-state index in [9.17, 15) is 10.1 Å². The van der Waals surface area contributed by atoms with Crippen LogP contribution in [-0.4, -0.2) is 16.6 Å². The Balaban J connectivity index is 2.06. The Bertz CT molecular complexity index is 1060. The summed E-state index contributed by atoms with van der Waals surface area (Å²) in [5, 5.41) is 9.99. The van der Waals surface area contributed by atoms with Crippen molar-refractivity contribution in [2.45, 2.75) is 6.92 Å². The molecule has 3 aromatic rings. The molecule has 0 fully saturated rings. The minimum absolute atomic E-state index is 0.246. The number of rotatable bonds is 4. The zero-order valence-corrected chi connectivity index (χ0v) is 15.0. The largest absolute Gasteiger partial charge is 0.493 e. The molecule has 3 rings (SSSR count). The van der Waals surface area contributed by atoms with Crippen LogP contribution in [0, 0.1) is 11.3 Å². The molecule has 0 aliphatic heterocycles. The van der Waals surface area contributed by atoms with Crippen molar-refractivity contribution in [2.75, 3.05) is 6.61 Å². The van der Waals surface area contributed by atoms with Gasteiger partial charge in [-0.3, -0.25) is 4.79 Å². The van der Waals surface area contributed by atoms with E-state index in [4.69, 9.17) is 4.74 Å². The van der Waals surface area contributed by atoms with E-state index in [1.165, 1.54) is 0 Å². The van der Waals surface area contributed by atoms with Crippen molar-refractivity contribution in [3.63, 3.8) is 0 Å². The second-order valence-electron chi connectivity index (χ2n) is 5.22. The van der Waals surface area contributed by atoms with E-state index in [2.05, 4.69) is 32.0 Å². The summed E-state index contributed by atoms with van der Waals surface area (Å²) in [5.74, 6) is 0.978. The highest BCUT2D eigenvalue weighted by Gasteiger charge is 2.09. The third-order valence-electron chi connectivity index (χ3n) is 3.56. The third kappa shape index (κ3) is 3.62. The van der Waals surface area contributed by atoms with Crippen LogP contribution in [0.15, 0.2) is 51.7 Å². The van der Waals surface area contributed by atoms with E-state index in [-0.39, 0.29) is 17.0 Å². The maximum absolute atomic E-state index is 12.2. The smallest absolute Gasteiger partial charge is 0.259 e. The summed E-state index contributed by atoms with van der Waals surface area (Å²) in [6, 6.07) is 14.6. The molecule has 1 aromatic heterocycles. The van der Waals surface area contributed by atoms with E-state index in [0.717, 1.165) is 15.8 Å². The first kappa shape index (κ1) is 16.9. The standard InChI is InChI=1S/C19H14BrN3O2/c1-2-25-17-8-7-12(10-15(17)20)9-13(11-21)18-22-16-6-4-3-5-14(16)19(24)23-18/h3-10H,2H2,1H3,(H,22,23,24)/b13-9-. The molecule has 6 heteroatoms. The Labute approximate surface area is 152 Å². The minimum Gasteiger partial charge on any atom is -0.493 e. The molecule has 0 unspecified atom stereocenters. The molecule has 1 N–H and O–H groups in total. The highest BCUT2D eigenvalue weighted by atomic mass is 79.9. The Morgan fingerprint density at radius 2 is 2.16 bits per heavy atom. The summed E-state index contributed by atoms with van der Waals surface area (Å²) >= 11 is 3.45. The van der Waals surface area contributed by atoms with E-state index in [1.54, 1.807) is 30.3 Å². The van der Waals surface area contributed by atoms with Crippen molar-refractivity contribution in [1.82, 2.24) is 9.97 Å². The molecule has 5 nitrogen and oxygen atoms in total. The summed E-state index contributed by atoms with van der Waals surface area (Å²) in [6.07, 6.45) is 1.67. The minimum atomic E-state index is -0.269. The number of nitrogens with one attached hydrogen (secondary N) is 1. The van der Waals surface area contributed by atoms with Crippen LogP contribution in [-0.2, 0) is 0 Å². The van der Waals surface area contributed by atoms with Crippen LogP contribution in [0.3, 0.4) is 0 Å². The predicted molar refractivity (Wildman–Crippen MR) is 101 cm³/mol. The van der Waals surface area contributed by atoms with Crippen molar-refractivity contribution in [3.05, 3.63) is 68.7 Å². The molecule has 124 valence electrons. The lowest BCUT2D eigenvalue weighted by Gasteiger charge is -2.06. The van der Waals surface area contributed by atoms with Gasteiger partial charge in [-0.15, -0.1) is 0 Å². The second kappa shape index (κ2) is 7.32. The molecule has 0 spiro atoms. The highest BCUT2D eigenvalue weighted by molar-refractivity contribution is 9.10. The lowest BCUT2D eigenvalue weighted by atomic mass is 10.1. The van der Waals surface area contributed by atoms with E-state index in [0.29, 0.717) is 17.5 Å². The van der Waals surface area contributed by atoms with Crippen molar-refractivity contribution < 1.29 is 4.74 Å². The number of nitriles is 1. The molecule has 0 saturated heterocycles. The van der Waals surface area contributed by atoms with Gasteiger partial charge in [-0.1, -0.05) is 18.2 Å². The Hall–Kier alpha value is -2.91. The van der Waals surface area contributed by atoms with Crippen LogP contribution in [0.25, 0.3) is 22.6 Å². The third-order valence-corrected chi connectivity index (χ3v) is 4.17. The topological polar surface area (TPSA) is 78.8 Å². The maximum Gasteiger partial charge on any atom is 0.259 e. The first-order valence-electron chi connectivity index (χ1n) is 7.66. The molecule has 0 aliphatic carbocycles. The lowest BCUT2D eigenvalue weighted by Crippen LogP contribution is -2.11. The van der Waals surface area contributed by atoms with Gasteiger partial charge < -0.3 is 9.72 Å². The van der Waals surface area contributed by atoms with Gasteiger partial charge in [0.05, 0.1) is 27.6 Å². The lowest BCUT2D eigenvalue weighted by molar-refractivity contribution is 0.338. The number of ether oxygens (including phenoxy) is 1. The van der Waals surface area contributed by atoms with Gasteiger partial charge in [-0.2, -0.15) is 5.26 Å². The Kier molecular flexibility index (Phi) is 4.96. The maximum atomic E-state index is 12.2. The van der Waals surface area contributed by atoms with E-state index < -0.39 is 0 Å². The van der Waals surface area contributed by atoms with E-state index in [1.807, 2.05) is 25.1 Å². The predicted octanol–water partition coefficient (Wildman–Crippen LogP) is 4.15. The summed E-state index contributed by atoms with van der Waals surface area (Å²) in [5.41, 5.74) is 1.35. The number of fused-ring (bicyclic) bond motifs is 1. The van der Waals surface area contributed by atoms with E-state index >= 15 is 0 Å². The fourth-order valence-corrected chi connectivity index (χ4v) is 2.92. The summed E-state index contributed by atoms with van der Waals surface area (Å²) in [4.78, 5) is 19.3. The van der Waals surface area contributed by atoms with Crippen LogP contribution in [0.1, 0.15) is 18.3 Å². The monoisotopic (exact) mass is 395 g/mol. The first-order valence-corrected chi connectivity index (χ1v) is 8.45. The van der Waals surface area contributed by atoms with Gasteiger partial charge in [0.1, 0.15) is 11.8 Å². The van der Waals surface area contributed by atoms with Gasteiger partial charge in [0, 0.05) is 0 Å².